The van der Waals surface area contributed by atoms with Crippen LogP contribution in [0.1, 0.15) is 5.56 Å². The highest BCUT2D eigenvalue weighted by Crippen LogP contribution is 2.17. The zero-order chi connectivity index (χ0) is 13.7. The van der Waals surface area contributed by atoms with Gasteiger partial charge in [-0.05, 0) is 17.7 Å². The lowest BCUT2D eigenvalue weighted by Crippen LogP contribution is -2.36. The second-order valence-corrected chi connectivity index (χ2v) is 5.21. The lowest BCUT2D eigenvalue weighted by atomic mass is 10.2. The summed E-state index contributed by atoms with van der Waals surface area (Å²) >= 11 is 3.18. The predicted octanol–water partition coefficient (Wildman–Crippen LogP) is 1.88. The number of morpholine rings is 1. The minimum atomic E-state index is 0.0947. The van der Waals surface area contributed by atoms with Crippen molar-refractivity contribution in [3.63, 3.8) is 0 Å². The minimum absolute atomic E-state index is 0.0947. The average Bonchev–Trinajstić information content (AvgIpc) is 2.48. The van der Waals surface area contributed by atoms with Crippen LogP contribution in [0.3, 0.4) is 0 Å². The number of rotatable bonds is 4. The Kier molecular flexibility index (Phi) is 5.22. The van der Waals surface area contributed by atoms with E-state index >= 15 is 0 Å². The van der Waals surface area contributed by atoms with Gasteiger partial charge in [0.1, 0.15) is 0 Å². The van der Waals surface area contributed by atoms with Crippen molar-refractivity contribution in [2.24, 2.45) is 0 Å². The van der Waals surface area contributed by atoms with E-state index in [0.717, 1.165) is 31.9 Å². The summed E-state index contributed by atoms with van der Waals surface area (Å²) in [6.07, 6.45) is 0. The van der Waals surface area contributed by atoms with E-state index in [-0.39, 0.29) is 5.91 Å². The largest absolute Gasteiger partial charge is 0.378 e. The third-order valence-electron chi connectivity index (χ3n) is 3.27. The Labute approximate surface area is 122 Å². The number of nitrogens with zero attached hydrogens (tertiary/aromatic N) is 2. The smallest absolute Gasteiger partial charge is 0.233 e. The van der Waals surface area contributed by atoms with Crippen LogP contribution in [0.15, 0.2) is 24.3 Å². The van der Waals surface area contributed by atoms with E-state index in [1.54, 1.807) is 4.90 Å². The maximum Gasteiger partial charge on any atom is 0.233 e. The molecule has 0 radical (unpaired) electrons. The SMILES string of the molecule is CN(Cc1ccc(N2CCOCC2)cc1)C(=O)CBr. The maximum atomic E-state index is 11.5. The van der Waals surface area contributed by atoms with Crippen molar-refractivity contribution in [1.82, 2.24) is 4.90 Å². The molecule has 5 heteroatoms. The van der Waals surface area contributed by atoms with Crippen molar-refractivity contribution in [2.45, 2.75) is 6.54 Å². The van der Waals surface area contributed by atoms with Crippen molar-refractivity contribution in [1.29, 1.82) is 0 Å². The monoisotopic (exact) mass is 326 g/mol. The highest BCUT2D eigenvalue weighted by atomic mass is 79.9. The summed E-state index contributed by atoms with van der Waals surface area (Å²) in [6, 6.07) is 8.41. The Balaban J connectivity index is 1.96. The van der Waals surface area contributed by atoms with E-state index in [9.17, 15) is 4.79 Å². The van der Waals surface area contributed by atoms with Gasteiger partial charge < -0.3 is 14.5 Å². The molecule has 1 saturated heterocycles. The summed E-state index contributed by atoms with van der Waals surface area (Å²) in [4.78, 5) is 15.5. The molecule has 1 aromatic carbocycles. The minimum Gasteiger partial charge on any atom is -0.378 e. The third-order valence-corrected chi connectivity index (χ3v) is 3.75. The molecule has 0 atom stereocenters. The number of carbonyl (C=O) groups is 1. The van der Waals surface area contributed by atoms with Gasteiger partial charge in [-0.3, -0.25) is 4.79 Å². The van der Waals surface area contributed by atoms with Crippen LogP contribution in [0.2, 0.25) is 0 Å². The van der Waals surface area contributed by atoms with Gasteiger partial charge >= 0.3 is 0 Å². The third kappa shape index (κ3) is 3.94. The van der Waals surface area contributed by atoms with Crippen LogP contribution in [-0.4, -0.2) is 49.5 Å². The molecule has 1 aliphatic rings. The lowest BCUT2D eigenvalue weighted by Gasteiger charge is -2.29. The van der Waals surface area contributed by atoms with Gasteiger partial charge in [0.05, 0.1) is 18.5 Å². The van der Waals surface area contributed by atoms with Crippen molar-refractivity contribution in [2.75, 3.05) is 43.6 Å². The van der Waals surface area contributed by atoms with Crippen LogP contribution in [-0.2, 0) is 16.1 Å². The summed E-state index contributed by atoms with van der Waals surface area (Å²) in [6.45, 7) is 4.13. The van der Waals surface area contributed by atoms with Gasteiger partial charge in [-0.2, -0.15) is 0 Å². The molecule has 0 unspecified atom stereocenters. The van der Waals surface area contributed by atoms with Gasteiger partial charge in [-0.15, -0.1) is 0 Å². The van der Waals surface area contributed by atoms with Crippen molar-refractivity contribution in [3.8, 4) is 0 Å². The number of alkyl halides is 1. The summed E-state index contributed by atoms with van der Waals surface area (Å²) < 4.78 is 5.35. The molecule has 2 rings (SSSR count). The first kappa shape index (κ1) is 14.3. The topological polar surface area (TPSA) is 32.8 Å². The van der Waals surface area contributed by atoms with Crippen molar-refractivity contribution >= 4 is 27.5 Å². The molecule has 0 aliphatic carbocycles. The van der Waals surface area contributed by atoms with Gasteiger partial charge in [0.25, 0.3) is 0 Å². The molecule has 0 spiro atoms. The Morgan fingerprint density at radius 1 is 1.32 bits per heavy atom. The molecule has 0 N–H and O–H groups in total. The second-order valence-electron chi connectivity index (χ2n) is 4.65. The van der Waals surface area contributed by atoms with Crippen molar-refractivity contribution in [3.05, 3.63) is 29.8 Å². The Bertz CT molecular complexity index is 416. The Hall–Kier alpha value is -1.07. The van der Waals surface area contributed by atoms with Crippen LogP contribution in [0.5, 0.6) is 0 Å². The van der Waals surface area contributed by atoms with Crippen LogP contribution in [0.4, 0.5) is 5.69 Å². The second kappa shape index (κ2) is 6.91. The summed E-state index contributed by atoms with van der Waals surface area (Å²) in [5, 5.41) is 0.370. The number of hydrogen-bond donors (Lipinski definition) is 0. The molecule has 104 valence electrons. The van der Waals surface area contributed by atoms with Gasteiger partial charge in [-0.25, -0.2) is 0 Å². The van der Waals surface area contributed by atoms with E-state index in [1.807, 2.05) is 7.05 Å². The molecule has 4 nitrogen and oxygen atoms in total. The molecule has 19 heavy (non-hydrogen) atoms. The van der Waals surface area contributed by atoms with Gasteiger partial charge in [0.2, 0.25) is 5.91 Å². The number of ether oxygens (including phenoxy) is 1. The predicted molar refractivity (Wildman–Crippen MR) is 79.7 cm³/mol. The quantitative estimate of drug-likeness (QED) is 0.792. The lowest BCUT2D eigenvalue weighted by molar-refractivity contribution is -0.127. The normalized spacial score (nSPS) is 15.4. The molecule has 1 amide bonds. The van der Waals surface area contributed by atoms with Gasteiger partial charge in [0, 0.05) is 32.4 Å². The summed E-state index contributed by atoms with van der Waals surface area (Å²) in [5.74, 6) is 0.0947. The first-order chi connectivity index (χ1) is 9.20. The maximum absolute atomic E-state index is 11.5. The van der Waals surface area contributed by atoms with E-state index in [0.29, 0.717) is 11.9 Å². The molecule has 0 aromatic heterocycles. The summed E-state index contributed by atoms with van der Waals surface area (Å²) in [7, 11) is 1.82. The molecule has 1 aliphatic heterocycles. The summed E-state index contributed by atoms with van der Waals surface area (Å²) in [5.41, 5.74) is 2.37. The Morgan fingerprint density at radius 3 is 2.53 bits per heavy atom. The zero-order valence-corrected chi connectivity index (χ0v) is 12.7. The highest BCUT2D eigenvalue weighted by molar-refractivity contribution is 9.09. The molecule has 1 heterocycles. The Morgan fingerprint density at radius 2 is 1.95 bits per heavy atom. The molecular formula is C14H19BrN2O2. The van der Waals surface area contributed by atoms with E-state index in [4.69, 9.17) is 4.74 Å². The fourth-order valence-corrected chi connectivity index (χ4v) is 2.53. The van der Waals surface area contributed by atoms with Crippen molar-refractivity contribution < 1.29 is 9.53 Å². The highest BCUT2D eigenvalue weighted by Gasteiger charge is 2.11. The van der Waals surface area contributed by atoms with Crippen LogP contribution < -0.4 is 4.90 Å². The standard InChI is InChI=1S/C14H19BrN2O2/c1-16(14(18)10-15)11-12-2-4-13(5-3-12)17-6-8-19-9-7-17/h2-5H,6-11H2,1H3. The van der Waals surface area contributed by atoms with E-state index in [2.05, 4.69) is 45.1 Å². The average molecular weight is 327 g/mol. The number of halogens is 1. The van der Waals surface area contributed by atoms with Crippen LogP contribution in [0.25, 0.3) is 0 Å². The number of anilines is 1. The first-order valence-electron chi connectivity index (χ1n) is 6.42. The first-order valence-corrected chi connectivity index (χ1v) is 7.54. The molecule has 1 aromatic rings. The van der Waals surface area contributed by atoms with E-state index < -0.39 is 0 Å². The molecule has 1 fully saturated rings. The van der Waals surface area contributed by atoms with Gasteiger partial charge in [0.15, 0.2) is 0 Å². The van der Waals surface area contributed by atoms with Gasteiger partial charge in [-0.1, -0.05) is 28.1 Å². The molecule has 0 bridgehead atoms. The molecule has 0 saturated carbocycles. The van der Waals surface area contributed by atoms with E-state index in [1.165, 1.54) is 5.69 Å². The number of benzene rings is 1. The fraction of sp³-hybridized carbons (Fsp3) is 0.500. The van der Waals surface area contributed by atoms with Crippen LogP contribution in [0, 0.1) is 0 Å². The number of carbonyl (C=O) groups excluding carboxylic acids is 1. The number of hydrogen-bond acceptors (Lipinski definition) is 3. The van der Waals surface area contributed by atoms with Crippen LogP contribution >= 0.6 is 15.9 Å². The number of amides is 1. The fourth-order valence-electron chi connectivity index (χ4n) is 2.10. The zero-order valence-electron chi connectivity index (χ0n) is 11.1. The molecular weight excluding hydrogens is 308 g/mol.